The highest BCUT2D eigenvalue weighted by atomic mass is 79.9. The van der Waals surface area contributed by atoms with Gasteiger partial charge in [-0.25, -0.2) is 0 Å². The molecule has 3 nitrogen and oxygen atoms in total. The van der Waals surface area contributed by atoms with Crippen LogP contribution < -0.4 is 5.32 Å². The van der Waals surface area contributed by atoms with Crippen LogP contribution in [0.25, 0.3) is 0 Å². The van der Waals surface area contributed by atoms with Crippen molar-refractivity contribution < 1.29 is 5.11 Å². The van der Waals surface area contributed by atoms with E-state index in [9.17, 15) is 5.11 Å². The van der Waals surface area contributed by atoms with Crippen molar-refractivity contribution in [3.05, 3.63) is 33.3 Å². The first kappa shape index (κ1) is 13.3. The zero-order chi connectivity index (χ0) is 12.3. The van der Waals surface area contributed by atoms with Gasteiger partial charge in [0, 0.05) is 35.7 Å². The van der Waals surface area contributed by atoms with Gasteiger partial charge >= 0.3 is 0 Å². The molecule has 1 aromatic carbocycles. The number of nitrogens with zero attached hydrogens (tertiary/aromatic N) is 1. The molecule has 94 valence electrons. The van der Waals surface area contributed by atoms with E-state index in [2.05, 4.69) is 26.1 Å². The number of rotatable bonds is 3. The second kappa shape index (κ2) is 6.16. The van der Waals surface area contributed by atoms with Gasteiger partial charge < -0.3 is 10.4 Å². The molecule has 1 aliphatic heterocycles. The minimum absolute atomic E-state index is 0.0187. The maximum atomic E-state index is 9.62. The number of aliphatic hydroxyl groups is 1. The quantitative estimate of drug-likeness (QED) is 0.895. The Labute approximate surface area is 115 Å². The number of benzene rings is 1. The zero-order valence-corrected chi connectivity index (χ0v) is 11.8. The Kier molecular flexibility index (Phi) is 4.82. The van der Waals surface area contributed by atoms with Gasteiger partial charge in [-0.05, 0) is 23.8 Å². The van der Waals surface area contributed by atoms with Crippen molar-refractivity contribution >= 4 is 27.5 Å². The summed E-state index contributed by atoms with van der Waals surface area (Å²) in [5.74, 6) is 0. The van der Waals surface area contributed by atoms with Gasteiger partial charge in [-0.15, -0.1) is 0 Å². The SMILES string of the molecule is OC[C@@H](c1cc(Cl)ccc1Br)N1CCNCC1. The van der Waals surface area contributed by atoms with Gasteiger partial charge in [-0.2, -0.15) is 0 Å². The predicted octanol–water partition coefficient (Wildman–Crippen LogP) is 2.04. The summed E-state index contributed by atoms with van der Waals surface area (Å²) in [6.07, 6.45) is 0. The molecule has 0 bridgehead atoms. The molecule has 0 spiro atoms. The minimum atomic E-state index is 0.0187. The summed E-state index contributed by atoms with van der Waals surface area (Å²) in [6.45, 7) is 3.94. The van der Waals surface area contributed by atoms with Gasteiger partial charge in [-0.3, -0.25) is 4.90 Å². The first-order chi connectivity index (χ1) is 8.22. The molecule has 0 amide bonds. The van der Waals surface area contributed by atoms with Crippen LogP contribution in [0.2, 0.25) is 5.02 Å². The van der Waals surface area contributed by atoms with Crippen LogP contribution in [0.3, 0.4) is 0 Å². The molecule has 1 fully saturated rings. The summed E-state index contributed by atoms with van der Waals surface area (Å²) in [4.78, 5) is 2.28. The fourth-order valence-electron chi connectivity index (χ4n) is 2.17. The Hall–Kier alpha value is -0.130. The molecular formula is C12H16BrClN2O. The lowest BCUT2D eigenvalue weighted by Gasteiger charge is -2.34. The second-order valence-corrected chi connectivity index (χ2v) is 5.44. The van der Waals surface area contributed by atoms with E-state index in [4.69, 9.17) is 11.6 Å². The van der Waals surface area contributed by atoms with E-state index in [1.54, 1.807) is 0 Å². The Bertz CT molecular complexity index is 383. The molecule has 0 radical (unpaired) electrons. The van der Waals surface area contributed by atoms with Crippen molar-refractivity contribution in [2.75, 3.05) is 32.8 Å². The van der Waals surface area contributed by atoms with Crippen LogP contribution in [0.4, 0.5) is 0 Å². The topological polar surface area (TPSA) is 35.5 Å². The van der Waals surface area contributed by atoms with Gasteiger partial charge in [0.25, 0.3) is 0 Å². The van der Waals surface area contributed by atoms with Crippen LogP contribution in [0.15, 0.2) is 22.7 Å². The third kappa shape index (κ3) is 3.20. The van der Waals surface area contributed by atoms with Crippen LogP contribution in [0, 0.1) is 0 Å². The van der Waals surface area contributed by atoms with Gasteiger partial charge in [0.05, 0.1) is 12.6 Å². The Morgan fingerprint density at radius 2 is 2.12 bits per heavy atom. The molecule has 0 unspecified atom stereocenters. The average molecular weight is 320 g/mol. The standard InChI is InChI=1S/C12H16BrClN2O/c13-11-2-1-9(14)7-10(11)12(8-17)16-5-3-15-4-6-16/h1-2,7,12,15,17H,3-6,8H2/t12-/m0/s1. The molecule has 1 heterocycles. The number of aliphatic hydroxyl groups excluding tert-OH is 1. The molecule has 2 rings (SSSR count). The van der Waals surface area contributed by atoms with Crippen molar-refractivity contribution in [2.24, 2.45) is 0 Å². The molecule has 17 heavy (non-hydrogen) atoms. The van der Waals surface area contributed by atoms with Crippen molar-refractivity contribution in [3.63, 3.8) is 0 Å². The highest BCUT2D eigenvalue weighted by molar-refractivity contribution is 9.10. The predicted molar refractivity (Wildman–Crippen MR) is 73.4 cm³/mol. The number of hydrogen-bond donors (Lipinski definition) is 2. The third-order valence-corrected chi connectivity index (χ3v) is 4.04. The lowest BCUT2D eigenvalue weighted by molar-refractivity contribution is 0.110. The molecule has 0 aromatic heterocycles. The minimum Gasteiger partial charge on any atom is -0.394 e. The number of piperazine rings is 1. The van der Waals surface area contributed by atoms with Crippen molar-refractivity contribution in [2.45, 2.75) is 6.04 Å². The van der Waals surface area contributed by atoms with Gasteiger partial charge in [-0.1, -0.05) is 27.5 Å². The first-order valence-electron chi connectivity index (χ1n) is 5.73. The Morgan fingerprint density at radius 1 is 1.41 bits per heavy atom. The monoisotopic (exact) mass is 318 g/mol. The number of nitrogens with one attached hydrogen (secondary N) is 1. The maximum Gasteiger partial charge on any atom is 0.0629 e. The second-order valence-electron chi connectivity index (χ2n) is 4.15. The van der Waals surface area contributed by atoms with Gasteiger partial charge in [0.1, 0.15) is 0 Å². The van der Waals surface area contributed by atoms with E-state index in [0.29, 0.717) is 5.02 Å². The lowest BCUT2D eigenvalue weighted by Crippen LogP contribution is -2.46. The van der Waals surface area contributed by atoms with Gasteiger partial charge in [0.15, 0.2) is 0 Å². The molecular weight excluding hydrogens is 304 g/mol. The largest absolute Gasteiger partial charge is 0.394 e. The van der Waals surface area contributed by atoms with Gasteiger partial charge in [0.2, 0.25) is 0 Å². The Morgan fingerprint density at radius 3 is 2.76 bits per heavy atom. The van der Waals surface area contributed by atoms with Crippen LogP contribution in [0.5, 0.6) is 0 Å². The molecule has 1 aromatic rings. The van der Waals surface area contributed by atoms with Crippen LogP contribution in [0.1, 0.15) is 11.6 Å². The summed E-state index contributed by atoms with van der Waals surface area (Å²) in [5, 5.41) is 13.6. The van der Waals surface area contributed by atoms with Crippen molar-refractivity contribution in [1.29, 1.82) is 0 Å². The van der Waals surface area contributed by atoms with Crippen LogP contribution in [-0.2, 0) is 0 Å². The molecule has 5 heteroatoms. The number of halogens is 2. The van der Waals surface area contributed by atoms with Crippen LogP contribution >= 0.6 is 27.5 Å². The highest BCUT2D eigenvalue weighted by Gasteiger charge is 2.23. The van der Waals surface area contributed by atoms with E-state index in [1.165, 1.54) is 0 Å². The first-order valence-corrected chi connectivity index (χ1v) is 6.90. The summed E-state index contributed by atoms with van der Waals surface area (Å²) >= 11 is 9.55. The Balaban J connectivity index is 2.24. The molecule has 2 N–H and O–H groups in total. The molecule has 0 aliphatic carbocycles. The van der Waals surface area contributed by atoms with Crippen molar-refractivity contribution in [1.82, 2.24) is 10.2 Å². The summed E-state index contributed by atoms with van der Waals surface area (Å²) in [5.41, 5.74) is 1.06. The smallest absolute Gasteiger partial charge is 0.0629 e. The fourth-order valence-corrected chi connectivity index (χ4v) is 2.87. The van der Waals surface area contributed by atoms with E-state index in [-0.39, 0.29) is 12.6 Å². The third-order valence-electron chi connectivity index (χ3n) is 3.08. The maximum absolute atomic E-state index is 9.62. The molecule has 0 saturated carbocycles. The van der Waals surface area contributed by atoms with Crippen molar-refractivity contribution in [3.8, 4) is 0 Å². The number of hydrogen-bond acceptors (Lipinski definition) is 3. The summed E-state index contributed by atoms with van der Waals surface area (Å²) < 4.78 is 1.000. The molecule has 1 aliphatic rings. The normalized spacial score (nSPS) is 19.2. The fraction of sp³-hybridized carbons (Fsp3) is 0.500. The van der Waals surface area contributed by atoms with E-state index < -0.39 is 0 Å². The van der Waals surface area contributed by atoms with E-state index in [0.717, 1.165) is 36.2 Å². The summed E-state index contributed by atoms with van der Waals surface area (Å²) in [7, 11) is 0. The molecule has 1 atom stereocenters. The highest BCUT2D eigenvalue weighted by Crippen LogP contribution is 2.30. The molecule has 1 saturated heterocycles. The van der Waals surface area contributed by atoms with E-state index >= 15 is 0 Å². The summed E-state index contributed by atoms with van der Waals surface area (Å²) in [6, 6.07) is 5.73. The van der Waals surface area contributed by atoms with E-state index in [1.807, 2.05) is 18.2 Å². The lowest BCUT2D eigenvalue weighted by atomic mass is 10.1. The zero-order valence-electron chi connectivity index (χ0n) is 9.50. The van der Waals surface area contributed by atoms with Crippen LogP contribution in [-0.4, -0.2) is 42.8 Å². The average Bonchev–Trinajstić information content (AvgIpc) is 2.36.